The second-order valence-electron chi connectivity index (χ2n) is 11.6. The summed E-state index contributed by atoms with van der Waals surface area (Å²) in [6, 6.07) is 29.6. The number of carbonyl (C=O) groups excluding carboxylic acids is 2. The van der Waals surface area contributed by atoms with Crippen LogP contribution in [0.1, 0.15) is 43.9 Å². The van der Waals surface area contributed by atoms with Gasteiger partial charge in [0.25, 0.3) is 10.0 Å². The predicted octanol–water partition coefficient (Wildman–Crippen LogP) is 6.87. The zero-order valence-corrected chi connectivity index (χ0v) is 29.9. The highest BCUT2D eigenvalue weighted by Gasteiger charge is 2.36. The fourth-order valence-corrected chi connectivity index (χ4v) is 7.13. The third-order valence-electron chi connectivity index (χ3n) is 8.23. The van der Waals surface area contributed by atoms with Crippen molar-refractivity contribution in [2.24, 2.45) is 0 Å². The maximum absolute atomic E-state index is 14.8. The van der Waals surface area contributed by atoms with Crippen molar-refractivity contribution in [3.63, 3.8) is 0 Å². The number of sulfonamides is 1. The van der Waals surface area contributed by atoms with Crippen molar-refractivity contribution in [2.75, 3.05) is 23.7 Å². The number of thioether (sulfide) groups is 1. The number of para-hydroxylation sites is 2. The average Bonchev–Trinajstić information content (AvgIpc) is 3.10. The quantitative estimate of drug-likeness (QED) is 0.129. The third kappa shape index (κ3) is 9.20. The van der Waals surface area contributed by atoms with Crippen LogP contribution in [0.3, 0.4) is 0 Å². The third-order valence-corrected chi connectivity index (χ3v) is 10.8. The van der Waals surface area contributed by atoms with Crippen LogP contribution in [0.15, 0.2) is 113 Å². The molecular formula is C38H45N3O5S2. The molecule has 48 heavy (non-hydrogen) atoms. The lowest BCUT2D eigenvalue weighted by atomic mass is 10.0. The molecule has 4 aromatic rings. The first-order valence-electron chi connectivity index (χ1n) is 16.2. The number of aryl methyl sites for hydroxylation is 1. The first-order chi connectivity index (χ1) is 23.1. The van der Waals surface area contributed by atoms with E-state index in [4.69, 9.17) is 4.74 Å². The van der Waals surface area contributed by atoms with Crippen LogP contribution in [0, 0.1) is 6.92 Å². The van der Waals surface area contributed by atoms with Gasteiger partial charge in [0.05, 0.1) is 17.2 Å². The Kier molecular flexibility index (Phi) is 13.1. The summed E-state index contributed by atoms with van der Waals surface area (Å²) in [5.41, 5.74) is 2.93. The Labute approximate surface area is 289 Å². The fraction of sp³-hybridized carbons (Fsp3) is 0.316. The first-order valence-corrected chi connectivity index (χ1v) is 18.8. The van der Waals surface area contributed by atoms with E-state index >= 15 is 0 Å². The predicted molar refractivity (Wildman–Crippen MR) is 194 cm³/mol. The van der Waals surface area contributed by atoms with Crippen LogP contribution in [0.5, 0.6) is 5.75 Å². The topological polar surface area (TPSA) is 96.0 Å². The van der Waals surface area contributed by atoms with Crippen molar-refractivity contribution in [3.05, 3.63) is 120 Å². The van der Waals surface area contributed by atoms with Crippen molar-refractivity contribution < 1.29 is 22.7 Å². The lowest BCUT2D eigenvalue weighted by Crippen LogP contribution is -2.54. The zero-order chi connectivity index (χ0) is 34.7. The van der Waals surface area contributed by atoms with Gasteiger partial charge in [0.15, 0.2) is 0 Å². The molecule has 0 bridgehead atoms. The Hall–Kier alpha value is -4.28. The molecule has 0 aliphatic heterocycles. The van der Waals surface area contributed by atoms with E-state index < -0.39 is 28.5 Å². The lowest BCUT2D eigenvalue weighted by Gasteiger charge is -2.35. The molecule has 8 nitrogen and oxygen atoms in total. The van der Waals surface area contributed by atoms with Gasteiger partial charge >= 0.3 is 0 Å². The molecular weight excluding hydrogens is 643 g/mol. The molecule has 0 heterocycles. The van der Waals surface area contributed by atoms with Crippen LogP contribution in [0.25, 0.3) is 0 Å². The summed E-state index contributed by atoms with van der Waals surface area (Å²) in [5.74, 6) is -0.487. The molecule has 4 rings (SSSR count). The molecule has 1 N–H and O–H groups in total. The Morgan fingerprint density at radius 2 is 1.52 bits per heavy atom. The number of carbonyl (C=O) groups is 2. The fourth-order valence-electron chi connectivity index (χ4n) is 5.30. The SMILES string of the molecule is CCOc1ccccc1N(CC(=O)N(Cc1ccccc1C)[C@H](Cc1ccccc1)C(=O)N[C@H](C)CC)S(=O)(=O)c1ccc(SC)cc1. The van der Waals surface area contributed by atoms with Crippen LogP contribution < -0.4 is 14.4 Å². The molecule has 10 heteroatoms. The molecule has 0 aromatic heterocycles. The summed E-state index contributed by atoms with van der Waals surface area (Å²) in [6.07, 6.45) is 2.88. The lowest BCUT2D eigenvalue weighted by molar-refractivity contribution is -0.140. The van der Waals surface area contributed by atoms with E-state index in [1.807, 2.05) is 88.5 Å². The molecule has 0 spiro atoms. The molecule has 0 radical (unpaired) electrons. The zero-order valence-electron chi connectivity index (χ0n) is 28.3. The van der Waals surface area contributed by atoms with Gasteiger partial charge in [-0.05, 0) is 86.5 Å². The molecule has 0 saturated carbocycles. The highest BCUT2D eigenvalue weighted by Crippen LogP contribution is 2.33. The molecule has 2 atom stereocenters. The smallest absolute Gasteiger partial charge is 0.264 e. The highest BCUT2D eigenvalue weighted by atomic mass is 32.2. The summed E-state index contributed by atoms with van der Waals surface area (Å²) in [4.78, 5) is 31.3. The number of nitrogens with one attached hydrogen (secondary N) is 1. The van der Waals surface area contributed by atoms with Crippen molar-refractivity contribution in [3.8, 4) is 5.75 Å². The van der Waals surface area contributed by atoms with Crippen LogP contribution in [0.4, 0.5) is 5.69 Å². The molecule has 254 valence electrons. The maximum Gasteiger partial charge on any atom is 0.264 e. The van der Waals surface area contributed by atoms with Gasteiger partial charge in [-0.3, -0.25) is 13.9 Å². The Morgan fingerprint density at radius 1 is 0.875 bits per heavy atom. The summed E-state index contributed by atoms with van der Waals surface area (Å²) < 4.78 is 35.9. The Balaban J connectivity index is 1.85. The summed E-state index contributed by atoms with van der Waals surface area (Å²) in [5, 5.41) is 3.08. The van der Waals surface area contributed by atoms with E-state index in [0.717, 1.165) is 25.9 Å². The van der Waals surface area contributed by atoms with E-state index in [-0.39, 0.29) is 35.5 Å². The Bertz CT molecular complexity index is 1760. The number of ether oxygens (including phenoxy) is 1. The number of amides is 2. The number of hydrogen-bond acceptors (Lipinski definition) is 6. The van der Waals surface area contributed by atoms with Gasteiger partial charge < -0.3 is 15.0 Å². The normalized spacial score (nSPS) is 12.5. The number of nitrogens with zero attached hydrogens (tertiary/aromatic N) is 2. The van der Waals surface area contributed by atoms with E-state index in [1.165, 1.54) is 16.7 Å². The van der Waals surface area contributed by atoms with Gasteiger partial charge in [-0.25, -0.2) is 8.42 Å². The van der Waals surface area contributed by atoms with Gasteiger partial charge in [0, 0.05) is 23.9 Å². The van der Waals surface area contributed by atoms with Gasteiger partial charge in [-0.1, -0.05) is 73.7 Å². The maximum atomic E-state index is 14.8. The van der Waals surface area contributed by atoms with Crippen molar-refractivity contribution in [1.29, 1.82) is 0 Å². The second kappa shape index (κ2) is 17.2. The minimum Gasteiger partial charge on any atom is -0.492 e. The van der Waals surface area contributed by atoms with Crippen molar-refractivity contribution in [1.82, 2.24) is 10.2 Å². The molecule has 4 aromatic carbocycles. The molecule has 0 saturated heterocycles. The molecule has 2 amide bonds. The number of benzene rings is 4. The van der Waals surface area contributed by atoms with Crippen molar-refractivity contribution >= 4 is 39.3 Å². The second-order valence-corrected chi connectivity index (χ2v) is 14.3. The van der Waals surface area contributed by atoms with Crippen LogP contribution in [-0.2, 0) is 32.6 Å². The average molecular weight is 688 g/mol. The van der Waals surface area contributed by atoms with Gasteiger partial charge in [0.2, 0.25) is 11.8 Å². The minimum atomic E-state index is -4.26. The number of hydrogen-bond donors (Lipinski definition) is 1. The van der Waals surface area contributed by atoms with Gasteiger partial charge in [-0.15, -0.1) is 11.8 Å². The molecule has 0 aliphatic rings. The van der Waals surface area contributed by atoms with Gasteiger partial charge in [0.1, 0.15) is 18.3 Å². The first kappa shape index (κ1) is 36.6. The summed E-state index contributed by atoms with van der Waals surface area (Å²) in [7, 11) is -4.26. The van der Waals surface area contributed by atoms with E-state index in [9.17, 15) is 18.0 Å². The monoisotopic (exact) mass is 687 g/mol. The molecule has 0 aliphatic carbocycles. The summed E-state index contributed by atoms with van der Waals surface area (Å²) in [6.45, 7) is 7.54. The largest absolute Gasteiger partial charge is 0.492 e. The highest BCUT2D eigenvalue weighted by molar-refractivity contribution is 7.98. The van der Waals surface area contributed by atoms with Crippen LogP contribution in [-0.4, -0.2) is 56.6 Å². The molecule has 0 fully saturated rings. The van der Waals surface area contributed by atoms with Gasteiger partial charge in [-0.2, -0.15) is 0 Å². The summed E-state index contributed by atoms with van der Waals surface area (Å²) >= 11 is 1.50. The van der Waals surface area contributed by atoms with Crippen LogP contribution >= 0.6 is 11.8 Å². The number of anilines is 1. The molecule has 0 unspecified atom stereocenters. The standard InChI is InChI=1S/C38H45N3O5S2/c1-6-29(4)39-38(43)35(25-30-16-9-8-10-17-30)40(26-31-18-12-11-15-28(31)3)37(42)27-41(34-19-13-14-20-36(34)46-7-2)48(44,45)33-23-21-32(47-5)22-24-33/h8-24,29,35H,6-7,25-27H2,1-5H3,(H,39,43)/t29-,35-/m1/s1. The minimum absolute atomic E-state index is 0.0419. The van der Waals surface area contributed by atoms with E-state index in [0.29, 0.717) is 18.8 Å². The van der Waals surface area contributed by atoms with E-state index in [1.54, 1.807) is 48.5 Å². The van der Waals surface area contributed by atoms with Crippen molar-refractivity contribution in [2.45, 2.75) is 69.0 Å². The van der Waals surface area contributed by atoms with E-state index in [2.05, 4.69) is 5.32 Å². The number of rotatable bonds is 16. The Morgan fingerprint density at radius 3 is 2.17 bits per heavy atom. The van der Waals surface area contributed by atoms with Crippen LogP contribution in [0.2, 0.25) is 0 Å².